The number of amides is 2. The molecule has 3 N–H and O–H groups in total. The third-order valence-corrected chi connectivity index (χ3v) is 4.66. The zero-order valence-electron chi connectivity index (χ0n) is 15.4. The van der Waals surface area contributed by atoms with Crippen LogP contribution in [-0.4, -0.2) is 43.0 Å². The van der Waals surface area contributed by atoms with E-state index in [0.29, 0.717) is 47.5 Å². The van der Waals surface area contributed by atoms with Crippen LogP contribution in [0, 0.1) is 5.92 Å². The van der Waals surface area contributed by atoms with Gasteiger partial charge in [-0.05, 0) is 24.8 Å². The number of hydrogen-bond donors (Lipinski definition) is 2. The molecule has 0 saturated carbocycles. The third kappa shape index (κ3) is 5.68. The highest BCUT2D eigenvalue weighted by molar-refractivity contribution is 6.33. The van der Waals surface area contributed by atoms with Gasteiger partial charge in [-0.2, -0.15) is 0 Å². The lowest BCUT2D eigenvalue weighted by Crippen LogP contribution is -2.46. The van der Waals surface area contributed by atoms with Gasteiger partial charge in [-0.25, -0.2) is 0 Å². The first-order valence-electron chi connectivity index (χ1n) is 8.53. The summed E-state index contributed by atoms with van der Waals surface area (Å²) in [5.41, 5.74) is 6.48. The molecule has 2 rings (SSSR count). The second-order valence-electron chi connectivity index (χ2n) is 6.80. The van der Waals surface area contributed by atoms with E-state index in [-0.39, 0.29) is 30.3 Å². The molecule has 0 atom stereocenters. The van der Waals surface area contributed by atoms with Crippen molar-refractivity contribution in [2.45, 2.75) is 39.2 Å². The van der Waals surface area contributed by atoms with Crippen molar-refractivity contribution >= 4 is 41.5 Å². The number of likely N-dealkylation sites (tertiary alicyclic amines) is 1. The SMILES string of the molecule is COc1cc(N)c(Cl)cc1C(=O)NC1CCN(C(=O)CC(C)C)CC1.Cl. The van der Waals surface area contributed by atoms with E-state index in [4.69, 9.17) is 22.1 Å². The van der Waals surface area contributed by atoms with Crippen LogP contribution in [0.1, 0.15) is 43.5 Å². The fourth-order valence-corrected chi connectivity index (χ4v) is 3.09. The molecule has 1 aromatic rings. The highest BCUT2D eigenvalue weighted by atomic mass is 35.5. The van der Waals surface area contributed by atoms with Gasteiger partial charge < -0.3 is 20.7 Å². The number of hydrogen-bond acceptors (Lipinski definition) is 4. The molecule has 0 unspecified atom stereocenters. The Bertz CT molecular complexity index is 645. The lowest BCUT2D eigenvalue weighted by Gasteiger charge is -2.33. The molecule has 0 aromatic heterocycles. The quantitative estimate of drug-likeness (QED) is 0.739. The van der Waals surface area contributed by atoms with Gasteiger partial charge in [-0.15, -0.1) is 12.4 Å². The Labute approximate surface area is 165 Å². The van der Waals surface area contributed by atoms with Gasteiger partial charge in [0.05, 0.1) is 23.4 Å². The highest BCUT2D eigenvalue weighted by Crippen LogP contribution is 2.29. The van der Waals surface area contributed by atoms with Gasteiger partial charge in [0.15, 0.2) is 0 Å². The summed E-state index contributed by atoms with van der Waals surface area (Å²) < 4.78 is 5.22. The third-order valence-electron chi connectivity index (χ3n) is 4.33. The molecular formula is C18H27Cl2N3O3. The topological polar surface area (TPSA) is 84.7 Å². The number of nitrogens with one attached hydrogen (secondary N) is 1. The number of nitrogens with zero attached hydrogens (tertiary/aromatic N) is 1. The molecule has 1 aliphatic heterocycles. The highest BCUT2D eigenvalue weighted by Gasteiger charge is 2.25. The Hall–Kier alpha value is -1.66. The summed E-state index contributed by atoms with van der Waals surface area (Å²) >= 11 is 6.02. The van der Waals surface area contributed by atoms with Crippen molar-refractivity contribution in [2.24, 2.45) is 5.92 Å². The lowest BCUT2D eigenvalue weighted by atomic mass is 10.0. The number of anilines is 1. The number of methoxy groups -OCH3 is 1. The van der Waals surface area contributed by atoms with Crippen LogP contribution >= 0.6 is 24.0 Å². The Morgan fingerprint density at radius 1 is 1.35 bits per heavy atom. The smallest absolute Gasteiger partial charge is 0.255 e. The van der Waals surface area contributed by atoms with Crippen LogP contribution in [0.15, 0.2) is 12.1 Å². The molecule has 6 nitrogen and oxygen atoms in total. The number of ether oxygens (including phenoxy) is 1. The minimum absolute atomic E-state index is 0. The molecule has 146 valence electrons. The van der Waals surface area contributed by atoms with Crippen LogP contribution < -0.4 is 15.8 Å². The molecule has 1 heterocycles. The molecule has 1 fully saturated rings. The fourth-order valence-electron chi connectivity index (χ4n) is 2.93. The number of nitrogen functional groups attached to an aromatic ring is 1. The molecule has 0 spiro atoms. The van der Waals surface area contributed by atoms with E-state index in [1.807, 2.05) is 18.7 Å². The molecular weight excluding hydrogens is 377 g/mol. The van der Waals surface area contributed by atoms with Gasteiger partial charge in [0.2, 0.25) is 5.91 Å². The number of carbonyl (C=O) groups excluding carboxylic acids is 2. The van der Waals surface area contributed by atoms with Gasteiger partial charge in [0.1, 0.15) is 5.75 Å². The zero-order chi connectivity index (χ0) is 18.6. The summed E-state index contributed by atoms with van der Waals surface area (Å²) in [6.07, 6.45) is 2.04. The maximum absolute atomic E-state index is 12.5. The average molecular weight is 404 g/mol. The molecule has 1 aromatic carbocycles. The predicted molar refractivity (Wildman–Crippen MR) is 106 cm³/mol. The minimum Gasteiger partial charge on any atom is -0.496 e. The maximum Gasteiger partial charge on any atom is 0.255 e. The molecule has 0 bridgehead atoms. The largest absolute Gasteiger partial charge is 0.496 e. The van der Waals surface area contributed by atoms with Crippen LogP contribution in [0.25, 0.3) is 0 Å². The molecule has 0 aliphatic carbocycles. The van der Waals surface area contributed by atoms with Crippen molar-refractivity contribution in [3.63, 3.8) is 0 Å². The van der Waals surface area contributed by atoms with E-state index in [2.05, 4.69) is 5.32 Å². The summed E-state index contributed by atoms with van der Waals surface area (Å²) in [6, 6.07) is 3.09. The number of rotatable bonds is 5. The van der Waals surface area contributed by atoms with Crippen LogP contribution in [0.5, 0.6) is 5.75 Å². The maximum atomic E-state index is 12.5. The standard InChI is InChI=1S/C18H26ClN3O3.ClH/c1-11(2)8-17(23)22-6-4-12(5-7-22)21-18(24)13-9-14(19)15(20)10-16(13)25-3;/h9-12H,4-8,20H2,1-3H3,(H,21,24);1H. The van der Waals surface area contributed by atoms with E-state index in [9.17, 15) is 9.59 Å². The molecule has 1 saturated heterocycles. The van der Waals surface area contributed by atoms with E-state index >= 15 is 0 Å². The number of nitrogens with two attached hydrogens (primary N) is 1. The second kappa shape index (κ2) is 9.88. The van der Waals surface area contributed by atoms with Crippen LogP contribution in [-0.2, 0) is 4.79 Å². The second-order valence-corrected chi connectivity index (χ2v) is 7.21. The summed E-state index contributed by atoms with van der Waals surface area (Å²) in [6.45, 7) is 5.40. The Morgan fingerprint density at radius 2 is 1.96 bits per heavy atom. The first-order valence-corrected chi connectivity index (χ1v) is 8.91. The first-order chi connectivity index (χ1) is 11.8. The first kappa shape index (κ1) is 22.4. The summed E-state index contributed by atoms with van der Waals surface area (Å²) in [5, 5.41) is 3.32. The normalized spacial score (nSPS) is 14.7. The Balaban J connectivity index is 0.00000338. The van der Waals surface area contributed by atoms with Gasteiger partial charge in [0, 0.05) is 31.6 Å². The van der Waals surface area contributed by atoms with Crippen molar-refractivity contribution in [3.05, 3.63) is 22.7 Å². The zero-order valence-corrected chi connectivity index (χ0v) is 17.0. The summed E-state index contributed by atoms with van der Waals surface area (Å²) in [4.78, 5) is 26.5. The van der Waals surface area contributed by atoms with Crippen LogP contribution in [0.4, 0.5) is 5.69 Å². The van der Waals surface area contributed by atoms with E-state index < -0.39 is 0 Å². The van der Waals surface area contributed by atoms with Crippen molar-refractivity contribution in [1.29, 1.82) is 0 Å². The van der Waals surface area contributed by atoms with Gasteiger partial charge >= 0.3 is 0 Å². The number of benzene rings is 1. The summed E-state index contributed by atoms with van der Waals surface area (Å²) in [7, 11) is 1.48. The monoisotopic (exact) mass is 403 g/mol. The molecule has 26 heavy (non-hydrogen) atoms. The predicted octanol–water partition coefficient (Wildman–Crippen LogP) is 3.12. The Morgan fingerprint density at radius 3 is 2.50 bits per heavy atom. The molecule has 8 heteroatoms. The summed E-state index contributed by atoms with van der Waals surface area (Å²) in [5.74, 6) is 0.689. The van der Waals surface area contributed by atoms with Gasteiger partial charge in [-0.1, -0.05) is 25.4 Å². The van der Waals surface area contributed by atoms with Gasteiger partial charge in [-0.3, -0.25) is 9.59 Å². The van der Waals surface area contributed by atoms with E-state index in [1.165, 1.54) is 13.2 Å². The van der Waals surface area contributed by atoms with E-state index in [0.717, 1.165) is 12.8 Å². The van der Waals surface area contributed by atoms with Crippen LogP contribution in [0.3, 0.4) is 0 Å². The van der Waals surface area contributed by atoms with Crippen molar-refractivity contribution < 1.29 is 14.3 Å². The number of piperidine rings is 1. The van der Waals surface area contributed by atoms with Crippen molar-refractivity contribution in [1.82, 2.24) is 10.2 Å². The van der Waals surface area contributed by atoms with E-state index in [1.54, 1.807) is 6.07 Å². The average Bonchev–Trinajstić information content (AvgIpc) is 2.56. The minimum atomic E-state index is -0.245. The van der Waals surface area contributed by atoms with Crippen molar-refractivity contribution in [3.8, 4) is 5.75 Å². The van der Waals surface area contributed by atoms with Crippen LogP contribution in [0.2, 0.25) is 5.02 Å². The molecule has 0 radical (unpaired) electrons. The Kier molecular flexibility index (Phi) is 8.50. The van der Waals surface area contributed by atoms with Gasteiger partial charge in [0.25, 0.3) is 5.91 Å². The molecule has 2 amide bonds. The lowest BCUT2D eigenvalue weighted by molar-refractivity contribution is -0.133. The molecule has 1 aliphatic rings. The fraction of sp³-hybridized carbons (Fsp3) is 0.556. The number of halogens is 2. The number of carbonyl (C=O) groups is 2. The van der Waals surface area contributed by atoms with Crippen molar-refractivity contribution in [2.75, 3.05) is 25.9 Å².